The lowest BCUT2D eigenvalue weighted by atomic mass is 9.87. The van der Waals surface area contributed by atoms with Crippen LogP contribution in [0.1, 0.15) is 31.2 Å². The van der Waals surface area contributed by atoms with Crippen molar-refractivity contribution in [3.63, 3.8) is 0 Å². The molecule has 0 fully saturated rings. The molecule has 1 aromatic carbocycles. The summed E-state index contributed by atoms with van der Waals surface area (Å²) in [6.07, 6.45) is 1.18. The lowest BCUT2D eigenvalue weighted by Gasteiger charge is -2.23. The minimum Gasteiger partial charge on any atom is -0.396 e. The summed E-state index contributed by atoms with van der Waals surface area (Å²) in [6.45, 7) is 1.93. The average molecular weight is 246 g/mol. The molecule has 0 radical (unpaired) electrons. The van der Waals surface area contributed by atoms with Crippen LogP contribution in [0.3, 0.4) is 0 Å². The van der Waals surface area contributed by atoms with Crippen LogP contribution in [0.4, 0.5) is 4.39 Å². The maximum absolute atomic E-state index is 13.8. The van der Waals surface area contributed by atoms with E-state index in [1.165, 1.54) is 6.07 Å². The molecule has 16 heavy (non-hydrogen) atoms. The van der Waals surface area contributed by atoms with Crippen molar-refractivity contribution >= 4 is 11.6 Å². The molecule has 2 nitrogen and oxygen atoms in total. The van der Waals surface area contributed by atoms with Gasteiger partial charge in [-0.1, -0.05) is 30.7 Å². The molecule has 0 heterocycles. The first kappa shape index (κ1) is 13.4. The molecule has 0 amide bonds. The van der Waals surface area contributed by atoms with E-state index >= 15 is 0 Å². The van der Waals surface area contributed by atoms with Crippen LogP contribution in [0.2, 0.25) is 5.02 Å². The molecular formula is C12H17ClFNO. The molecule has 0 aliphatic carbocycles. The Balaban J connectivity index is 3.05. The van der Waals surface area contributed by atoms with Gasteiger partial charge in [-0.3, -0.25) is 0 Å². The SMILES string of the molecule is CCC(N)C(CCO)c1cccc(Cl)c1F. The molecule has 0 spiro atoms. The van der Waals surface area contributed by atoms with E-state index in [0.717, 1.165) is 6.42 Å². The predicted molar refractivity (Wildman–Crippen MR) is 64.1 cm³/mol. The zero-order valence-electron chi connectivity index (χ0n) is 9.29. The maximum atomic E-state index is 13.8. The highest BCUT2D eigenvalue weighted by Crippen LogP contribution is 2.29. The second-order valence-electron chi connectivity index (χ2n) is 3.83. The fraction of sp³-hybridized carbons (Fsp3) is 0.500. The summed E-state index contributed by atoms with van der Waals surface area (Å²) in [4.78, 5) is 0. The van der Waals surface area contributed by atoms with Gasteiger partial charge in [0.05, 0.1) is 5.02 Å². The van der Waals surface area contributed by atoms with Crippen LogP contribution in [0.15, 0.2) is 18.2 Å². The Morgan fingerprint density at radius 1 is 1.50 bits per heavy atom. The highest BCUT2D eigenvalue weighted by atomic mass is 35.5. The summed E-state index contributed by atoms with van der Waals surface area (Å²) < 4.78 is 13.8. The normalized spacial score (nSPS) is 14.8. The predicted octanol–water partition coefficient (Wildman–Crippen LogP) is 2.68. The van der Waals surface area contributed by atoms with Crippen molar-refractivity contribution in [1.29, 1.82) is 0 Å². The topological polar surface area (TPSA) is 46.2 Å². The second-order valence-corrected chi connectivity index (χ2v) is 4.24. The van der Waals surface area contributed by atoms with Crippen molar-refractivity contribution in [2.75, 3.05) is 6.61 Å². The third-order valence-corrected chi connectivity index (χ3v) is 3.10. The Morgan fingerprint density at radius 2 is 2.19 bits per heavy atom. The number of aliphatic hydroxyl groups excluding tert-OH is 1. The van der Waals surface area contributed by atoms with Crippen molar-refractivity contribution in [3.05, 3.63) is 34.6 Å². The molecular weight excluding hydrogens is 229 g/mol. The number of aliphatic hydroxyl groups is 1. The molecule has 0 saturated heterocycles. The minimum absolute atomic E-state index is 0.00960. The summed E-state index contributed by atoms with van der Waals surface area (Å²) in [5.74, 6) is -0.611. The smallest absolute Gasteiger partial charge is 0.145 e. The number of hydrogen-bond donors (Lipinski definition) is 2. The van der Waals surface area contributed by atoms with E-state index in [2.05, 4.69) is 0 Å². The largest absolute Gasteiger partial charge is 0.396 e. The van der Waals surface area contributed by atoms with Crippen LogP contribution in [-0.2, 0) is 0 Å². The van der Waals surface area contributed by atoms with Gasteiger partial charge in [-0.15, -0.1) is 0 Å². The number of halogens is 2. The average Bonchev–Trinajstić information content (AvgIpc) is 2.29. The van der Waals surface area contributed by atoms with Crippen molar-refractivity contribution in [2.45, 2.75) is 31.7 Å². The van der Waals surface area contributed by atoms with E-state index < -0.39 is 5.82 Å². The molecule has 4 heteroatoms. The summed E-state index contributed by atoms with van der Waals surface area (Å²) in [7, 11) is 0. The van der Waals surface area contributed by atoms with Crippen LogP contribution < -0.4 is 5.73 Å². The molecule has 0 bridgehead atoms. The summed E-state index contributed by atoms with van der Waals surface area (Å²) in [5.41, 5.74) is 6.43. The van der Waals surface area contributed by atoms with Gasteiger partial charge in [0.25, 0.3) is 0 Å². The molecule has 1 rings (SSSR count). The van der Waals surface area contributed by atoms with Crippen LogP contribution in [0.5, 0.6) is 0 Å². The Hall–Kier alpha value is -0.640. The molecule has 3 N–H and O–H groups in total. The van der Waals surface area contributed by atoms with Crippen molar-refractivity contribution in [1.82, 2.24) is 0 Å². The summed E-state index contributed by atoms with van der Waals surface area (Å²) >= 11 is 5.73. The molecule has 0 aliphatic heterocycles. The van der Waals surface area contributed by atoms with Crippen LogP contribution in [0.25, 0.3) is 0 Å². The van der Waals surface area contributed by atoms with Gasteiger partial charge in [0.15, 0.2) is 0 Å². The van der Waals surface area contributed by atoms with Gasteiger partial charge in [-0.05, 0) is 24.5 Å². The van der Waals surface area contributed by atoms with E-state index in [1.54, 1.807) is 12.1 Å². The lowest BCUT2D eigenvalue weighted by molar-refractivity contribution is 0.264. The first-order valence-corrected chi connectivity index (χ1v) is 5.80. The zero-order valence-corrected chi connectivity index (χ0v) is 10.0. The maximum Gasteiger partial charge on any atom is 0.145 e. The van der Waals surface area contributed by atoms with Gasteiger partial charge in [0.2, 0.25) is 0 Å². The number of rotatable bonds is 5. The van der Waals surface area contributed by atoms with E-state index in [-0.39, 0.29) is 23.6 Å². The second kappa shape index (κ2) is 6.18. The number of hydrogen-bond acceptors (Lipinski definition) is 2. The molecule has 2 unspecified atom stereocenters. The highest BCUT2D eigenvalue weighted by molar-refractivity contribution is 6.30. The quantitative estimate of drug-likeness (QED) is 0.838. The van der Waals surface area contributed by atoms with Gasteiger partial charge in [0.1, 0.15) is 5.82 Å². The molecule has 0 aliphatic rings. The minimum atomic E-state index is -0.425. The van der Waals surface area contributed by atoms with Gasteiger partial charge < -0.3 is 10.8 Å². The third-order valence-electron chi connectivity index (χ3n) is 2.81. The van der Waals surface area contributed by atoms with E-state index in [1.807, 2.05) is 6.92 Å². The van der Waals surface area contributed by atoms with Crippen molar-refractivity contribution in [3.8, 4) is 0 Å². The monoisotopic (exact) mass is 245 g/mol. The van der Waals surface area contributed by atoms with E-state index in [4.69, 9.17) is 22.4 Å². The summed E-state index contributed by atoms with van der Waals surface area (Å²) in [5, 5.41) is 9.09. The summed E-state index contributed by atoms with van der Waals surface area (Å²) in [6, 6.07) is 4.72. The fourth-order valence-corrected chi connectivity index (χ4v) is 2.01. The fourth-order valence-electron chi connectivity index (χ4n) is 1.83. The van der Waals surface area contributed by atoms with Crippen LogP contribution >= 0.6 is 11.6 Å². The Kier molecular flexibility index (Phi) is 5.19. The lowest BCUT2D eigenvalue weighted by Crippen LogP contribution is -2.29. The van der Waals surface area contributed by atoms with Gasteiger partial charge in [-0.25, -0.2) is 4.39 Å². The van der Waals surface area contributed by atoms with Gasteiger partial charge in [-0.2, -0.15) is 0 Å². The van der Waals surface area contributed by atoms with Crippen LogP contribution in [0, 0.1) is 5.82 Å². The molecule has 2 atom stereocenters. The van der Waals surface area contributed by atoms with Crippen molar-refractivity contribution in [2.24, 2.45) is 5.73 Å². The molecule has 90 valence electrons. The molecule has 0 saturated carbocycles. The van der Waals surface area contributed by atoms with E-state index in [9.17, 15) is 4.39 Å². The first-order chi connectivity index (χ1) is 7.61. The van der Waals surface area contributed by atoms with Crippen molar-refractivity contribution < 1.29 is 9.50 Å². The molecule has 1 aromatic rings. The molecule has 0 aromatic heterocycles. The zero-order chi connectivity index (χ0) is 12.1. The standard InChI is InChI=1S/C12H17ClFNO/c1-2-11(15)8(6-7-16)9-4-3-5-10(13)12(9)14/h3-5,8,11,16H,2,6-7,15H2,1H3. The number of benzene rings is 1. The highest BCUT2D eigenvalue weighted by Gasteiger charge is 2.22. The van der Waals surface area contributed by atoms with E-state index in [0.29, 0.717) is 12.0 Å². The Bertz CT molecular complexity index is 346. The third kappa shape index (κ3) is 2.94. The Morgan fingerprint density at radius 3 is 2.75 bits per heavy atom. The first-order valence-electron chi connectivity index (χ1n) is 5.42. The number of nitrogens with two attached hydrogens (primary N) is 1. The van der Waals surface area contributed by atoms with Gasteiger partial charge in [0, 0.05) is 18.6 Å². The van der Waals surface area contributed by atoms with Crippen LogP contribution in [-0.4, -0.2) is 17.8 Å². The Labute approximate surface area is 100 Å². The van der Waals surface area contributed by atoms with Gasteiger partial charge >= 0.3 is 0 Å².